The molecule has 0 spiro atoms. The Labute approximate surface area is 584 Å². The number of furan rings is 4. The van der Waals surface area contributed by atoms with Gasteiger partial charge in [0.2, 0.25) is 22.9 Å². The highest BCUT2D eigenvalue weighted by Crippen LogP contribution is 2.51. The molecule has 0 saturated carbocycles. The second-order valence-corrected chi connectivity index (χ2v) is 28.0. The zero-order chi connectivity index (χ0) is 70.0. The van der Waals surface area contributed by atoms with Gasteiger partial charge >= 0.3 is 0 Å². The molecule has 18 rings (SSSR count). The molecular weight excluding hydrogens is 1240 g/mol. The lowest BCUT2D eigenvalue weighted by atomic mass is 10.1. The average Bonchev–Trinajstić information content (AvgIpc) is 1.60. The topological polar surface area (TPSA) is 130 Å². The molecule has 4 aliphatic rings. The molecule has 508 valence electrons. The molecule has 0 amide bonds. The Kier molecular flexibility index (Phi) is 16.3. The fraction of sp³-hybridized carbons (Fsp3) is 0.286. The molecule has 4 aliphatic heterocycles. The van der Waals surface area contributed by atoms with E-state index in [4.69, 9.17) is 17.7 Å². The summed E-state index contributed by atoms with van der Waals surface area (Å²) in [7, 11) is 4.22. The van der Waals surface area contributed by atoms with Gasteiger partial charge in [0.05, 0.1) is 45.5 Å². The molecule has 0 N–H and O–H groups in total. The summed E-state index contributed by atoms with van der Waals surface area (Å²) in [6.45, 7) is 34.4. The molecule has 16 nitrogen and oxygen atoms in total. The van der Waals surface area contributed by atoms with E-state index < -0.39 is 0 Å². The highest BCUT2D eigenvalue weighted by molar-refractivity contribution is 6.13. The highest BCUT2D eigenvalue weighted by Gasteiger charge is 2.39. The van der Waals surface area contributed by atoms with Gasteiger partial charge in [-0.15, -0.1) is 0 Å². The summed E-state index contributed by atoms with van der Waals surface area (Å²) in [5, 5.41) is 8.78. The molecule has 0 fully saturated rings. The van der Waals surface area contributed by atoms with E-state index in [1.165, 1.54) is 45.0 Å². The predicted octanol–water partition coefficient (Wildman–Crippen LogP) is 21.0. The molecule has 6 aromatic carbocycles. The van der Waals surface area contributed by atoms with Crippen molar-refractivity contribution in [3.63, 3.8) is 0 Å². The highest BCUT2D eigenvalue weighted by atomic mass is 16.4. The van der Waals surface area contributed by atoms with Gasteiger partial charge in [-0.1, -0.05) is 72.8 Å². The molecule has 12 heterocycles. The van der Waals surface area contributed by atoms with E-state index in [0.717, 1.165) is 111 Å². The van der Waals surface area contributed by atoms with Crippen molar-refractivity contribution in [2.45, 2.75) is 148 Å². The number of pyridine rings is 4. The monoisotopic (exact) mass is 1330 g/mol. The van der Waals surface area contributed by atoms with E-state index in [-0.39, 0.29) is 24.7 Å². The molecular formula is C84H88N12O4. The van der Waals surface area contributed by atoms with Crippen molar-refractivity contribution in [1.29, 1.82) is 0 Å². The van der Waals surface area contributed by atoms with Gasteiger partial charge in [-0.2, -0.15) is 0 Å². The van der Waals surface area contributed by atoms with E-state index in [2.05, 4.69) is 302 Å². The van der Waals surface area contributed by atoms with Crippen molar-refractivity contribution in [3.8, 4) is 0 Å². The maximum atomic E-state index is 6.35. The van der Waals surface area contributed by atoms with Gasteiger partial charge in [-0.3, -0.25) is 0 Å². The zero-order valence-corrected chi connectivity index (χ0v) is 60.6. The van der Waals surface area contributed by atoms with Crippen LogP contribution in [0.5, 0.6) is 0 Å². The first kappa shape index (κ1) is 65.0. The summed E-state index contributed by atoms with van der Waals surface area (Å²) in [5.74, 6) is 0. The van der Waals surface area contributed by atoms with E-state index >= 15 is 0 Å². The summed E-state index contributed by atoms with van der Waals surface area (Å²) >= 11 is 0. The number of hydrogen-bond donors (Lipinski definition) is 0. The van der Waals surface area contributed by atoms with Crippen LogP contribution in [0.2, 0.25) is 0 Å². The normalized spacial score (nSPS) is 17.2. The lowest BCUT2D eigenvalue weighted by molar-refractivity contribution is 0.263. The van der Waals surface area contributed by atoms with Gasteiger partial charge < -0.3 is 56.9 Å². The first-order valence-electron chi connectivity index (χ1n) is 34.9. The van der Waals surface area contributed by atoms with E-state index in [9.17, 15) is 0 Å². The number of aryl methyl sites for hydroxylation is 8. The molecule has 100 heavy (non-hydrogen) atoms. The molecule has 14 aromatic rings. The maximum Gasteiger partial charge on any atom is 0.227 e. The molecule has 4 unspecified atom stereocenters. The molecule has 0 saturated heterocycles. The van der Waals surface area contributed by atoms with Gasteiger partial charge in [0.1, 0.15) is 24.7 Å². The van der Waals surface area contributed by atoms with Crippen LogP contribution in [0.4, 0.5) is 45.5 Å². The van der Waals surface area contributed by atoms with E-state index in [1.807, 2.05) is 52.0 Å². The summed E-state index contributed by atoms with van der Waals surface area (Å²) in [6, 6.07) is 51.9. The second kappa shape index (κ2) is 25.1. The molecule has 0 bridgehead atoms. The predicted molar refractivity (Wildman–Crippen MR) is 413 cm³/mol. The minimum Gasteiger partial charge on any atom is -0.435 e. The van der Waals surface area contributed by atoms with Crippen LogP contribution < -0.4 is 29.4 Å². The van der Waals surface area contributed by atoms with Gasteiger partial charge in [-0.25, -0.2) is 19.9 Å². The van der Waals surface area contributed by atoms with Crippen molar-refractivity contribution < 1.29 is 17.7 Å². The molecule has 0 radical (unpaired) electrons. The van der Waals surface area contributed by atoms with Gasteiger partial charge in [0.25, 0.3) is 0 Å². The number of aromatic nitrogens is 4. The van der Waals surface area contributed by atoms with Crippen LogP contribution in [0.3, 0.4) is 0 Å². The van der Waals surface area contributed by atoms with Crippen LogP contribution in [0.1, 0.15) is 100 Å². The minimum atomic E-state index is 0.199. The number of rotatable bonds is 6. The number of fused-ring (bicyclic) bond motifs is 14. The largest absolute Gasteiger partial charge is 0.435 e. The third kappa shape index (κ3) is 10.7. The maximum absolute atomic E-state index is 6.35. The third-order valence-electron chi connectivity index (χ3n) is 20.8. The SMILES string of the molecule is Cc1ccc2c(n1)oc1c(N3C=CN(C(C)C)C3C)c(C)ccc12.Cc1ccc2c(n1)oc1c(N3C=CN(C)C3C)c(C)ccc12.Cc1ccc2c(n1)oc1c(N3c4ccccc4N(C(C)C)C3C)c(C)ccc12.Cc1ccc2c(n1)oc1c(N3c4ccccc4N(C)C3C)c(C)ccc12. The van der Waals surface area contributed by atoms with Crippen LogP contribution in [-0.4, -0.2) is 80.6 Å². The number of anilines is 8. The smallest absolute Gasteiger partial charge is 0.227 e. The Bertz CT molecular complexity index is 5600. The Balaban J connectivity index is 0.000000109. The van der Waals surface area contributed by atoms with E-state index in [1.54, 1.807) is 0 Å². The average molecular weight is 1330 g/mol. The minimum absolute atomic E-state index is 0.199. The van der Waals surface area contributed by atoms with Crippen molar-refractivity contribution in [2.24, 2.45) is 0 Å². The fourth-order valence-electron chi connectivity index (χ4n) is 15.4. The summed E-state index contributed by atoms with van der Waals surface area (Å²) in [5.41, 5.74) is 24.7. The molecule has 0 aliphatic carbocycles. The number of benzene rings is 6. The fourth-order valence-corrected chi connectivity index (χ4v) is 15.4. The van der Waals surface area contributed by atoms with Crippen molar-refractivity contribution in [1.82, 2.24) is 29.7 Å². The summed E-state index contributed by atoms with van der Waals surface area (Å²) in [6.07, 6.45) is 9.46. The van der Waals surface area contributed by atoms with Gasteiger partial charge in [0.15, 0.2) is 22.3 Å². The molecule has 16 heteroatoms. The Morgan fingerprint density at radius 3 is 1.02 bits per heavy atom. The summed E-state index contributed by atoms with van der Waals surface area (Å²) < 4.78 is 25.0. The van der Waals surface area contributed by atoms with Crippen LogP contribution in [-0.2, 0) is 0 Å². The Hall–Kier alpha value is -11.0. The Morgan fingerprint density at radius 2 is 0.650 bits per heavy atom. The van der Waals surface area contributed by atoms with Crippen LogP contribution in [0, 0.1) is 55.4 Å². The number of hydrogen-bond acceptors (Lipinski definition) is 16. The van der Waals surface area contributed by atoms with Crippen LogP contribution >= 0.6 is 0 Å². The lowest BCUT2D eigenvalue weighted by Gasteiger charge is -2.33. The van der Waals surface area contributed by atoms with Crippen molar-refractivity contribution in [2.75, 3.05) is 43.5 Å². The number of nitrogens with zero attached hydrogens (tertiary/aromatic N) is 12. The van der Waals surface area contributed by atoms with Crippen LogP contribution in [0.15, 0.2) is 188 Å². The molecule has 8 aromatic heterocycles. The standard InChI is InChI=1S/C24H25N3O.C22H21N3O.C20H23N3O.C18H19N3O/c1-14(2)26-17(5)27(21-9-7-6-8-20(21)26)22-15(3)10-12-18-19-13-11-16(4)25-24(19)28-23(18)22;1-13-9-11-16-17-12-10-14(2)23-22(17)26-21(16)20(13)25-15(3)24(4)18-7-5-6-8-19(18)25;1-12(2)22-10-11-23(15(22)5)18-13(3)6-8-16-17-9-7-14(4)21-20(17)24-19(16)18;1-11-5-7-14-15-8-6-12(2)19-18(15)22-17(14)16(11)21-10-9-20(4)13(21)3/h6-14,17H,1-5H3;5-12,15H,1-4H3;6-12,15H,1-5H3;5-10,13H,1-4H3. The quantitative estimate of drug-likeness (QED) is 0.156. The third-order valence-corrected chi connectivity index (χ3v) is 20.8. The van der Waals surface area contributed by atoms with Crippen molar-refractivity contribution >= 4 is 134 Å². The van der Waals surface area contributed by atoms with E-state index in [0.29, 0.717) is 34.9 Å². The summed E-state index contributed by atoms with van der Waals surface area (Å²) in [4.78, 5) is 37.0. The lowest BCUT2D eigenvalue weighted by Crippen LogP contribution is -2.42. The zero-order valence-electron chi connectivity index (χ0n) is 60.6. The first-order valence-corrected chi connectivity index (χ1v) is 34.9. The van der Waals surface area contributed by atoms with Crippen LogP contribution in [0.25, 0.3) is 88.3 Å². The van der Waals surface area contributed by atoms with Gasteiger partial charge in [-0.05, 0) is 206 Å². The molecule has 4 atom stereocenters. The van der Waals surface area contributed by atoms with Gasteiger partial charge in [0, 0.05) is 117 Å². The second-order valence-electron chi connectivity index (χ2n) is 28.0. The Morgan fingerprint density at radius 1 is 0.320 bits per heavy atom. The van der Waals surface area contributed by atoms with Crippen molar-refractivity contribution in [3.05, 3.63) is 215 Å². The number of para-hydroxylation sites is 4. The first-order chi connectivity index (χ1) is 48.1.